The standard InChI is InChI=1S/C25H31N5O/c1-19(2)30(17-20-8-4-3-5-9-20)24-14-23(29-13-7-10-21(16-29)18-31)27-25(28-24)22-11-6-12-26-15-22/h3-6,8-9,11-12,14-15,19,21,31H,7,10,13,16-18H2,1-2H3. The maximum absolute atomic E-state index is 9.69. The number of hydrogen-bond acceptors (Lipinski definition) is 6. The first-order chi connectivity index (χ1) is 15.1. The van der Waals surface area contributed by atoms with E-state index in [1.165, 1.54) is 5.56 Å². The van der Waals surface area contributed by atoms with Gasteiger partial charge in [-0.1, -0.05) is 30.3 Å². The predicted octanol–water partition coefficient (Wildman–Crippen LogP) is 4.16. The molecule has 1 saturated heterocycles. The molecule has 0 bridgehead atoms. The first-order valence-corrected chi connectivity index (χ1v) is 11.1. The Hall–Kier alpha value is -2.99. The molecular formula is C25H31N5O. The van der Waals surface area contributed by atoms with Gasteiger partial charge in [0, 0.05) is 56.3 Å². The lowest BCUT2D eigenvalue weighted by Gasteiger charge is -2.34. The van der Waals surface area contributed by atoms with Crippen LogP contribution >= 0.6 is 0 Å². The van der Waals surface area contributed by atoms with Gasteiger partial charge in [-0.3, -0.25) is 4.98 Å². The van der Waals surface area contributed by atoms with Crippen LogP contribution in [0.1, 0.15) is 32.3 Å². The lowest BCUT2D eigenvalue weighted by Crippen LogP contribution is -2.38. The molecule has 2 aromatic heterocycles. The van der Waals surface area contributed by atoms with E-state index in [4.69, 9.17) is 9.97 Å². The zero-order chi connectivity index (χ0) is 21.6. The molecule has 162 valence electrons. The molecule has 6 nitrogen and oxygen atoms in total. The Labute approximate surface area is 184 Å². The Bertz CT molecular complexity index is 964. The molecule has 4 rings (SSSR count). The van der Waals surface area contributed by atoms with Crippen LogP contribution in [0.25, 0.3) is 11.4 Å². The van der Waals surface area contributed by atoms with Crippen LogP contribution in [-0.4, -0.2) is 45.8 Å². The highest BCUT2D eigenvalue weighted by Crippen LogP contribution is 2.29. The predicted molar refractivity (Wildman–Crippen MR) is 125 cm³/mol. The molecule has 1 atom stereocenters. The topological polar surface area (TPSA) is 65.4 Å². The molecule has 0 aliphatic carbocycles. The van der Waals surface area contributed by atoms with E-state index < -0.39 is 0 Å². The zero-order valence-corrected chi connectivity index (χ0v) is 18.4. The van der Waals surface area contributed by atoms with Gasteiger partial charge in [-0.05, 0) is 50.3 Å². The molecule has 3 heterocycles. The first-order valence-electron chi connectivity index (χ1n) is 11.1. The van der Waals surface area contributed by atoms with Crippen LogP contribution in [-0.2, 0) is 6.54 Å². The van der Waals surface area contributed by atoms with E-state index in [1.807, 2.05) is 24.4 Å². The van der Waals surface area contributed by atoms with Gasteiger partial charge in [0.1, 0.15) is 11.6 Å². The summed E-state index contributed by atoms with van der Waals surface area (Å²) in [6.07, 6.45) is 5.70. The monoisotopic (exact) mass is 417 g/mol. The van der Waals surface area contributed by atoms with Gasteiger partial charge in [0.25, 0.3) is 0 Å². The molecule has 0 radical (unpaired) electrons. The van der Waals surface area contributed by atoms with E-state index in [0.29, 0.717) is 11.7 Å². The second-order valence-corrected chi connectivity index (χ2v) is 8.49. The van der Waals surface area contributed by atoms with E-state index in [1.54, 1.807) is 6.20 Å². The van der Waals surface area contributed by atoms with Crippen LogP contribution < -0.4 is 9.80 Å². The fraction of sp³-hybridized carbons (Fsp3) is 0.400. The fourth-order valence-electron chi connectivity index (χ4n) is 4.09. The van der Waals surface area contributed by atoms with Gasteiger partial charge in [-0.25, -0.2) is 9.97 Å². The first kappa shape index (κ1) is 21.2. The molecule has 0 spiro atoms. The lowest BCUT2D eigenvalue weighted by molar-refractivity contribution is 0.208. The molecule has 1 aromatic carbocycles. The Morgan fingerprint density at radius 2 is 1.97 bits per heavy atom. The molecular weight excluding hydrogens is 386 g/mol. The number of rotatable bonds is 7. The summed E-state index contributed by atoms with van der Waals surface area (Å²) in [5, 5.41) is 9.69. The van der Waals surface area contributed by atoms with Gasteiger partial charge >= 0.3 is 0 Å². The number of benzene rings is 1. The van der Waals surface area contributed by atoms with Crippen LogP contribution in [0, 0.1) is 5.92 Å². The Balaban J connectivity index is 1.74. The van der Waals surface area contributed by atoms with Crippen molar-refractivity contribution in [3.8, 4) is 11.4 Å². The van der Waals surface area contributed by atoms with Crippen molar-refractivity contribution in [2.75, 3.05) is 29.5 Å². The Morgan fingerprint density at radius 3 is 2.68 bits per heavy atom. The summed E-state index contributed by atoms with van der Waals surface area (Å²) in [6.45, 7) is 7.14. The summed E-state index contributed by atoms with van der Waals surface area (Å²) in [5.74, 6) is 2.81. The maximum atomic E-state index is 9.69. The number of pyridine rings is 1. The Morgan fingerprint density at radius 1 is 1.13 bits per heavy atom. The van der Waals surface area contributed by atoms with Gasteiger partial charge in [0.15, 0.2) is 5.82 Å². The van der Waals surface area contributed by atoms with Crippen LogP contribution in [0.3, 0.4) is 0 Å². The van der Waals surface area contributed by atoms with Crippen molar-refractivity contribution >= 4 is 11.6 Å². The minimum atomic E-state index is 0.218. The highest BCUT2D eigenvalue weighted by Gasteiger charge is 2.23. The van der Waals surface area contributed by atoms with E-state index >= 15 is 0 Å². The average molecular weight is 418 g/mol. The second kappa shape index (κ2) is 9.88. The smallest absolute Gasteiger partial charge is 0.165 e. The van der Waals surface area contributed by atoms with Gasteiger partial charge in [-0.15, -0.1) is 0 Å². The van der Waals surface area contributed by atoms with E-state index in [-0.39, 0.29) is 12.6 Å². The third kappa shape index (κ3) is 5.20. The van der Waals surface area contributed by atoms with Crippen molar-refractivity contribution in [2.24, 2.45) is 5.92 Å². The summed E-state index contributed by atoms with van der Waals surface area (Å²) >= 11 is 0. The normalized spacial score (nSPS) is 16.5. The fourth-order valence-corrected chi connectivity index (χ4v) is 4.09. The van der Waals surface area contributed by atoms with Gasteiger partial charge < -0.3 is 14.9 Å². The van der Waals surface area contributed by atoms with Crippen LogP contribution in [0.4, 0.5) is 11.6 Å². The quantitative estimate of drug-likeness (QED) is 0.623. The van der Waals surface area contributed by atoms with Crippen LogP contribution in [0.2, 0.25) is 0 Å². The van der Waals surface area contributed by atoms with Crippen molar-refractivity contribution in [1.82, 2.24) is 15.0 Å². The molecule has 6 heteroatoms. The van der Waals surface area contributed by atoms with Crippen molar-refractivity contribution in [3.63, 3.8) is 0 Å². The van der Waals surface area contributed by atoms with Gasteiger partial charge in [0.05, 0.1) is 0 Å². The maximum Gasteiger partial charge on any atom is 0.165 e. The SMILES string of the molecule is CC(C)N(Cc1ccccc1)c1cc(N2CCCC(CO)C2)nc(-c2cccnc2)n1. The van der Waals surface area contributed by atoms with Crippen LogP contribution in [0.5, 0.6) is 0 Å². The summed E-state index contributed by atoms with van der Waals surface area (Å²) < 4.78 is 0. The lowest BCUT2D eigenvalue weighted by atomic mass is 9.99. The highest BCUT2D eigenvalue weighted by molar-refractivity contribution is 5.62. The highest BCUT2D eigenvalue weighted by atomic mass is 16.3. The van der Waals surface area contributed by atoms with Crippen molar-refractivity contribution in [3.05, 3.63) is 66.5 Å². The third-order valence-electron chi connectivity index (χ3n) is 5.83. The van der Waals surface area contributed by atoms with Crippen molar-refractivity contribution in [1.29, 1.82) is 0 Å². The number of hydrogen-bond donors (Lipinski definition) is 1. The summed E-state index contributed by atoms with van der Waals surface area (Å²) in [4.78, 5) is 18.7. The third-order valence-corrected chi connectivity index (χ3v) is 5.83. The van der Waals surface area contributed by atoms with Crippen molar-refractivity contribution in [2.45, 2.75) is 39.3 Å². The number of aromatic nitrogens is 3. The van der Waals surface area contributed by atoms with E-state index in [0.717, 1.165) is 49.7 Å². The number of aliphatic hydroxyl groups is 1. The average Bonchev–Trinajstić information content (AvgIpc) is 2.83. The second-order valence-electron chi connectivity index (χ2n) is 8.49. The molecule has 1 fully saturated rings. The van der Waals surface area contributed by atoms with Crippen molar-refractivity contribution < 1.29 is 5.11 Å². The Kier molecular flexibility index (Phi) is 6.77. The number of piperidine rings is 1. The largest absolute Gasteiger partial charge is 0.396 e. The number of nitrogens with zero attached hydrogens (tertiary/aromatic N) is 5. The summed E-state index contributed by atoms with van der Waals surface area (Å²) in [6, 6.07) is 16.8. The van der Waals surface area contributed by atoms with Gasteiger partial charge in [0.2, 0.25) is 0 Å². The van der Waals surface area contributed by atoms with Crippen LogP contribution in [0.15, 0.2) is 60.9 Å². The molecule has 1 aliphatic heterocycles. The molecule has 3 aromatic rings. The summed E-state index contributed by atoms with van der Waals surface area (Å²) in [7, 11) is 0. The molecule has 1 N–H and O–H groups in total. The molecule has 1 unspecified atom stereocenters. The number of anilines is 2. The molecule has 1 aliphatic rings. The van der Waals surface area contributed by atoms with E-state index in [9.17, 15) is 5.11 Å². The van der Waals surface area contributed by atoms with E-state index in [2.05, 4.69) is 59.0 Å². The molecule has 0 amide bonds. The number of aliphatic hydroxyl groups excluding tert-OH is 1. The minimum Gasteiger partial charge on any atom is -0.396 e. The molecule has 31 heavy (non-hydrogen) atoms. The molecule has 0 saturated carbocycles. The zero-order valence-electron chi connectivity index (χ0n) is 18.4. The minimum absolute atomic E-state index is 0.218. The van der Waals surface area contributed by atoms with Gasteiger partial charge in [-0.2, -0.15) is 0 Å². The summed E-state index contributed by atoms with van der Waals surface area (Å²) in [5.41, 5.74) is 2.15.